The number of aryl methyl sites for hydroxylation is 1. The highest BCUT2D eigenvalue weighted by Gasteiger charge is 2.37. The van der Waals surface area contributed by atoms with E-state index in [2.05, 4.69) is 10.3 Å². The van der Waals surface area contributed by atoms with E-state index in [-0.39, 0.29) is 0 Å². The van der Waals surface area contributed by atoms with Crippen molar-refractivity contribution in [3.05, 3.63) is 15.6 Å². The maximum Gasteiger partial charge on any atom is 0.434 e. The molecule has 0 spiro atoms. The van der Waals surface area contributed by atoms with Gasteiger partial charge in [0.1, 0.15) is 0 Å². The van der Waals surface area contributed by atoms with E-state index in [1.54, 1.807) is 0 Å². The SMILES string of the molecule is CCCc1nc(C(F)(F)F)c(CNC2CC2)s1. The number of nitrogens with zero attached hydrogens (tertiary/aromatic N) is 1. The van der Waals surface area contributed by atoms with Gasteiger partial charge in [-0.1, -0.05) is 6.92 Å². The predicted octanol–water partition coefficient (Wildman–Crippen LogP) is 3.37. The van der Waals surface area contributed by atoms with Crippen LogP contribution in [0.2, 0.25) is 0 Å². The second kappa shape index (κ2) is 4.94. The molecule has 0 amide bonds. The minimum Gasteiger partial charge on any atom is -0.309 e. The lowest BCUT2D eigenvalue weighted by Crippen LogP contribution is -2.18. The third-order valence-electron chi connectivity index (χ3n) is 2.60. The molecular weight excluding hydrogens is 249 g/mol. The first-order valence-electron chi connectivity index (χ1n) is 5.80. The average Bonchev–Trinajstić information content (AvgIpc) is 2.96. The fourth-order valence-electron chi connectivity index (χ4n) is 1.59. The summed E-state index contributed by atoms with van der Waals surface area (Å²) in [7, 11) is 0. The number of alkyl halides is 3. The quantitative estimate of drug-likeness (QED) is 0.882. The summed E-state index contributed by atoms with van der Waals surface area (Å²) in [4.78, 5) is 4.05. The fourth-order valence-corrected chi connectivity index (χ4v) is 2.73. The molecule has 96 valence electrons. The van der Waals surface area contributed by atoms with Gasteiger partial charge >= 0.3 is 6.18 Å². The van der Waals surface area contributed by atoms with Gasteiger partial charge in [0.15, 0.2) is 5.69 Å². The summed E-state index contributed by atoms with van der Waals surface area (Å²) in [5.41, 5.74) is -0.695. The van der Waals surface area contributed by atoms with E-state index in [1.807, 2.05) is 6.92 Å². The van der Waals surface area contributed by atoms with Gasteiger partial charge in [0.05, 0.1) is 9.88 Å². The third-order valence-corrected chi connectivity index (χ3v) is 3.72. The number of halogens is 3. The minimum atomic E-state index is -4.33. The Labute approximate surface area is 102 Å². The Morgan fingerprint density at radius 2 is 2.12 bits per heavy atom. The molecule has 1 saturated carbocycles. The second-order valence-corrected chi connectivity index (χ2v) is 5.45. The van der Waals surface area contributed by atoms with Crippen LogP contribution in [0, 0.1) is 0 Å². The molecule has 2 rings (SSSR count). The van der Waals surface area contributed by atoms with E-state index in [0.717, 1.165) is 19.3 Å². The first-order chi connectivity index (χ1) is 8.00. The van der Waals surface area contributed by atoms with Gasteiger partial charge in [-0.15, -0.1) is 11.3 Å². The zero-order valence-corrected chi connectivity index (χ0v) is 10.4. The molecule has 0 atom stereocenters. The standard InChI is InChI=1S/C11H15F3N2S/c1-2-3-9-16-10(11(12,13)14)8(17-9)6-15-7-4-5-7/h7,15H,2-6H2,1H3. The maximum atomic E-state index is 12.8. The zero-order valence-electron chi connectivity index (χ0n) is 9.60. The van der Waals surface area contributed by atoms with Gasteiger partial charge in [-0.05, 0) is 25.7 Å². The van der Waals surface area contributed by atoms with Crippen LogP contribution in [0.1, 0.15) is 41.8 Å². The zero-order chi connectivity index (χ0) is 12.5. The van der Waals surface area contributed by atoms with E-state index in [0.29, 0.717) is 28.9 Å². The Balaban J connectivity index is 2.13. The molecule has 1 aliphatic carbocycles. The van der Waals surface area contributed by atoms with Crippen molar-refractivity contribution >= 4 is 11.3 Å². The van der Waals surface area contributed by atoms with Crippen LogP contribution in [0.25, 0.3) is 0 Å². The summed E-state index contributed by atoms with van der Waals surface area (Å²) in [6, 6.07) is 0.410. The molecule has 0 radical (unpaired) electrons. The molecule has 1 aromatic rings. The van der Waals surface area contributed by atoms with Crippen LogP contribution in [-0.2, 0) is 19.1 Å². The number of aromatic nitrogens is 1. The van der Waals surface area contributed by atoms with Crippen molar-refractivity contribution in [1.82, 2.24) is 10.3 Å². The van der Waals surface area contributed by atoms with Crippen LogP contribution in [0.5, 0.6) is 0 Å². The van der Waals surface area contributed by atoms with Gasteiger partial charge < -0.3 is 5.32 Å². The number of hydrogen-bond donors (Lipinski definition) is 1. The molecule has 1 aliphatic rings. The molecule has 2 nitrogen and oxygen atoms in total. The van der Waals surface area contributed by atoms with Crippen molar-refractivity contribution in [1.29, 1.82) is 0 Å². The number of nitrogens with one attached hydrogen (secondary N) is 1. The normalized spacial score (nSPS) is 16.5. The number of hydrogen-bond acceptors (Lipinski definition) is 3. The molecule has 0 saturated heterocycles. The second-order valence-electron chi connectivity index (χ2n) is 4.28. The topological polar surface area (TPSA) is 24.9 Å². The molecule has 0 aromatic carbocycles. The molecule has 6 heteroatoms. The summed E-state index contributed by atoms with van der Waals surface area (Å²) < 4.78 is 38.3. The third kappa shape index (κ3) is 3.42. The summed E-state index contributed by atoms with van der Waals surface area (Å²) in [5, 5.41) is 3.70. The van der Waals surface area contributed by atoms with Crippen LogP contribution in [0.15, 0.2) is 0 Å². The van der Waals surface area contributed by atoms with Crippen molar-refractivity contribution in [3.8, 4) is 0 Å². The van der Waals surface area contributed by atoms with E-state index < -0.39 is 11.9 Å². The Morgan fingerprint density at radius 1 is 1.41 bits per heavy atom. The Morgan fingerprint density at radius 3 is 2.65 bits per heavy atom. The molecule has 1 heterocycles. The molecule has 1 fully saturated rings. The van der Waals surface area contributed by atoms with Gasteiger partial charge in [0, 0.05) is 12.6 Å². The van der Waals surface area contributed by atoms with Crippen LogP contribution in [-0.4, -0.2) is 11.0 Å². The molecule has 1 aromatic heterocycles. The van der Waals surface area contributed by atoms with Gasteiger partial charge in [0.2, 0.25) is 0 Å². The molecular formula is C11H15F3N2S. The Hall–Kier alpha value is -0.620. The van der Waals surface area contributed by atoms with E-state index in [4.69, 9.17) is 0 Å². The Bertz CT molecular complexity index is 383. The Kier molecular flexibility index (Phi) is 3.73. The molecule has 0 bridgehead atoms. The molecule has 0 unspecified atom stereocenters. The highest BCUT2D eigenvalue weighted by molar-refractivity contribution is 7.11. The minimum absolute atomic E-state index is 0.293. The highest BCUT2D eigenvalue weighted by atomic mass is 32.1. The average molecular weight is 264 g/mol. The van der Waals surface area contributed by atoms with Crippen LogP contribution >= 0.6 is 11.3 Å². The van der Waals surface area contributed by atoms with Crippen LogP contribution in [0.3, 0.4) is 0 Å². The van der Waals surface area contributed by atoms with Crippen molar-refractivity contribution in [2.75, 3.05) is 0 Å². The summed E-state index contributed by atoms with van der Waals surface area (Å²) in [6.45, 7) is 2.23. The lowest BCUT2D eigenvalue weighted by Gasteiger charge is -2.06. The highest BCUT2D eigenvalue weighted by Crippen LogP contribution is 2.35. The lowest BCUT2D eigenvalue weighted by molar-refractivity contribution is -0.141. The van der Waals surface area contributed by atoms with Crippen LogP contribution < -0.4 is 5.32 Å². The van der Waals surface area contributed by atoms with Gasteiger partial charge in [0.25, 0.3) is 0 Å². The van der Waals surface area contributed by atoms with Gasteiger partial charge in [-0.3, -0.25) is 0 Å². The summed E-state index contributed by atoms with van der Waals surface area (Å²) in [6.07, 6.45) is -0.746. The fraction of sp³-hybridized carbons (Fsp3) is 0.727. The van der Waals surface area contributed by atoms with Gasteiger partial charge in [-0.25, -0.2) is 4.98 Å². The summed E-state index contributed by atoms with van der Waals surface area (Å²) in [5.74, 6) is 0. The first kappa shape index (κ1) is 12.8. The number of rotatable bonds is 5. The van der Waals surface area contributed by atoms with Gasteiger partial charge in [-0.2, -0.15) is 13.2 Å². The molecule has 0 aliphatic heterocycles. The largest absolute Gasteiger partial charge is 0.434 e. The van der Waals surface area contributed by atoms with Crippen molar-refractivity contribution in [2.24, 2.45) is 0 Å². The van der Waals surface area contributed by atoms with E-state index >= 15 is 0 Å². The maximum absolute atomic E-state index is 12.8. The predicted molar refractivity (Wildman–Crippen MR) is 61.0 cm³/mol. The van der Waals surface area contributed by atoms with Crippen molar-refractivity contribution in [3.63, 3.8) is 0 Å². The monoisotopic (exact) mass is 264 g/mol. The van der Waals surface area contributed by atoms with Crippen molar-refractivity contribution < 1.29 is 13.2 Å². The smallest absolute Gasteiger partial charge is 0.309 e. The lowest BCUT2D eigenvalue weighted by atomic mass is 10.3. The van der Waals surface area contributed by atoms with E-state index in [1.165, 1.54) is 11.3 Å². The number of thiazole rings is 1. The van der Waals surface area contributed by atoms with Crippen LogP contribution in [0.4, 0.5) is 13.2 Å². The summed E-state index contributed by atoms with van der Waals surface area (Å²) >= 11 is 1.19. The first-order valence-corrected chi connectivity index (χ1v) is 6.61. The van der Waals surface area contributed by atoms with E-state index in [9.17, 15) is 13.2 Å². The van der Waals surface area contributed by atoms with Crippen molar-refractivity contribution in [2.45, 2.75) is 51.4 Å². The molecule has 1 N–H and O–H groups in total. The molecule has 17 heavy (non-hydrogen) atoms.